The van der Waals surface area contributed by atoms with E-state index in [4.69, 9.17) is 4.74 Å². The van der Waals surface area contributed by atoms with Gasteiger partial charge in [-0.1, -0.05) is 35.9 Å². The molecule has 2 heterocycles. The number of hydrogen-bond donors (Lipinski definition) is 3. The molecule has 6 atom stereocenters. The van der Waals surface area contributed by atoms with E-state index in [-0.39, 0.29) is 53.4 Å². The van der Waals surface area contributed by atoms with E-state index in [0.29, 0.717) is 11.1 Å². The number of ether oxygens (including phenoxy) is 1. The largest absolute Gasteiger partial charge is 0.504 e. The van der Waals surface area contributed by atoms with Crippen LogP contribution in [-0.4, -0.2) is 57.5 Å². The lowest BCUT2D eigenvalue weighted by Crippen LogP contribution is -2.43. The van der Waals surface area contributed by atoms with Crippen molar-refractivity contribution in [2.45, 2.75) is 25.7 Å². The van der Waals surface area contributed by atoms with Crippen LogP contribution in [0.3, 0.4) is 0 Å². The van der Waals surface area contributed by atoms with Gasteiger partial charge in [0.25, 0.3) is 0 Å². The summed E-state index contributed by atoms with van der Waals surface area (Å²) in [6.07, 6.45) is 2.04. The molecule has 3 fully saturated rings. The van der Waals surface area contributed by atoms with Crippen LogP contribution in [0.4, 0.5) is 11.4 Å². The highest BCUT2D eigenvalue weighted by Crippen LogP contribution is 2.60. The van der Waals surface area contributed by atoms with Crippen LogP contribution >= 0.6 is 0 Å². The SMILES string of the molecule is CCOc1cccc([C@H]2C3=CC[C@@H]4C(=O)N(c5cccc(C(=O)O)c5)C(=O)[C@@H]4[C@@H]3C[C@H]3C(=O)N(c4cccc(C(=O)O)c4)C(=O)[C@@H]23)c1O. The first-order chi connectivity index (χ1) is 23.0. The molecule has 4 aliphatic rings. The Morgan fingerprint density at radius 1 is 0.750 bits per heavy atom. The molecule has 48 heavy (non-hydrogen) atoms. The summed E-state index contributed by atoms with van der Waals surface area (Å²) in [5, 5.41) is 30.5. The zero-order valence-corrected chi connectivity index (χ0v) is 25.6. The number of fused-ring (bicyclic) bond motifs is 4. The van der Waals surface area contributed by atoms with Crippen LogP contribution in [0.15, 0.2) is 78.4 Å². The number of aromatic carboxylic acids is 2. The molecule has 0 aromatic heterocycles. The molecule has 0 unspecified atom stereocenters. The highest BCUT2D eigenvalue weighted by Gasteiger charge is 2.62. The minimum absolute atomic E-state index is 0.0573. The average Bonchev–Trinajstić information content (AvgIpc) is 3.48. The topological polar surface area (TPSA) is 179 Å². The van der Waals surface area contributed by atoms with E-state index < -0.39 is 71.1 Å². The number of benzene rings is 3. The van der Waals surface area contributed by atoms with Gasteiger partial charge in [-0.3, -0.25) is 29.0 Å². The molecule has 12 heteroatoms. The van der Waals surface area contributed by atoms with Gasteiger partial charge in [0.2, 0.25) is 23.6 Å². The maximum absolute atomic E-state index is 14.3. The number of rotatable bonds is 7. The second kappa shape index (κ2) is 11.5. The van der Waals surface area contributed by atoms with Crippen molar-refractivity contribution in [2.75, 3.05) is 16.4 Å². The summed E-state index contributed by atoms with van der Waals surface area (Å²) in [4.78, 5) is 81.9. The molecule has 3 N–H and O–H groups in total. The third kappa shape index (κ3) is 4.58. The van der Waals surface area contributed by atoms with Gasteiger partial charge in [-0.15, -0.1) is 0 Å². The van der Waals surface area contributed by atoms with Crippen molar-refractivity contribution in [2.24, 2.45) is 29.6 Å². The Morgan fingerprint density at radius 3 is 1.90 bits per heavy atom. The Hall–Kier alpha value is -5.78. The number of imide groups is 2. The van der Waals surface area contributed by atoms with E-state index in [0.717, 1.165) is 9.80 Å². The van der Waals surface area contributed by atoms with Crippen molar-refractivity contribution in [1.29, 1.82) is 0 Å². The predicted octanol–water partition coefficient (Wildman–Crippen LogP) is 4.23. The molecule has 7 rings (SSSR count). The van der Waals surface area contributed by atoms with Crippen molar-refractivity contribution in [1.82, 2.24) is 0 Å². The van der Waals surface area contributed by atoms with E-state index >= 15 is 0 Å². The zero-order chi connectivity index (χ0) is 34.0. The number of anilines is 2. The summed E-state index contributed by atoms with van der Waals surface area (Å²) in [5.41, 5.74) is 1.00. The summed E-state index contributed by atoms with van der Waals surface area (Å²) in [5.74, 6) is -9.80. The van der Waals surface area contributed by atoms with Gasteiger partial charge in [0.1, 0.15) is 0 Å². The second-order valence-corrected chi connectivity index (χ2v) is 12.4. The summed E-state index contributed by atoms with van der Waals surface area (Å²) in [7, 11) is 0. The maximum atomic E-state index is 14.3. The van der Waals surface area contributed by atoms with Crippen molar-refractivity contribution in [3.63, 3.8) is 0 Å². The van der Waals surface area contributed by atoms with Crippen molar-refractivity contribution in [3.8, 4) is 11.5 Å². The smallest absolute Gasteiger partial charge is 0.335 e. The highest BCUT2D eigenvalue weighted by atomic mass is 16.5. The number of carboxylic acids is 2. The second-order valence-electron chi connectivity index (χ2n) is 12.4. The van der Waals surface area contributed by atoms with Crippen LogP contribution in [0.1, 0.15) is 52.0 Å². The molecule has 0 spiro atoms. The molecular formula is C36H30N2O10. The Balaban J connectivity index is 1.35. The van der Waals surface area contributed by atoms with E-state index in [1.165, 1.54) is 48.5 Å². The first-order valence-corrected chi connectivity index (χ1v) is 15.6. The molecule has 2 saturated heterocycles. The first-order valence-electron chi connectivity index (χ1n) is 15.6. The van der Waals surface area contributed by atoms with Gasteiger partial charge in [0, 0.05) is 11.5 Å². The third-order valence-corrected chi connectivity index (χ3v) is 10.0. The van der Waals surface area contributed by atoms with Gasteiger partial charge < -0.3 is 20.1 Å². The number of carboxylic acid groups (broad SMARTS) is 2. The van der Waals surface area contributed by atoms with E-state index in [9.17, 15) is 44.1 Å². The lowest BCUT2D eigenvalue weighted by atomic mass is 9.57. The summed E-state index contributed by atoms with van der Waals surface area (Å²) < 4.78 is 5.64. The number of carbonyl (C=O) groups is 6. The van der Waals surface area contributed by atoms with Crippen LogP contribution < -0.4 is 14.5 Å². The number of allylic oxidation sites excluding steroid dienone is 2. The molecule has 1 saturated carbocycles. The van der Waals surface area contributed by atoms with Crippen LogP contribution in [-0.2, 0) is 19.2 Å². The number of nitrogens with zero attached hydrogens (tertiary/aromatic N) is 2. The molecule has 0 bridgehead atoms. The third-order valence-electron chi connectivity index (χ3n) is 10.0. The molecule has 12 nitrogen and oxygen atoms in total. The standard InChI is InChI=1S/C36H30N2O10/c1-2-48-26-11-5-10-22(30(26)39)27-21-12-13-23-28(33(42)37(31(23)40)19-8-3-6-17(14-19)35(44)45)24(21)16-25-29(27)34(43)38(32(25)41)20-9-4-7-18(15-20)36(46)47/h3-12,14-15,23-25,27-29,39H,2,13,16H2,1H3,(H,44,45)(H,46,47)/t23-,24+,25+,27+,28-,29+/m0/s1. The van der Waals surface area contributed by atoms with Gasteiger partial charge in [-0.25, -0.2) is 9.59 Å². The summed E-state index contributed by atoms with van der Waals surface area (Å²) >= 11 is 0. The Kier molecular flexibility index (Phi) is 7.38. The quantitative estimate of drug-likeness (QED) is 0.248. The van der Waals surface area contributed by atoms with Crippen LogP contribution in [0.25, 0.3) is 0 Å². The van der Waals surface area contributed by atoms with Crippen LogP contribution in [0, 0.1) is 29.6 Å². The minimum Gasteiger partial charge on any atom is -0.504 e. The highest BCUT2D eigenvalue weighted by molar-refractivity contribution is 6.24. The molecule has 0 radical (unpaired) electrons. The van der Waals surface area contributed by atoms with Gasteiger partial charge >= 0.3 is 11.9 Å². The number of para-hydroxylation sites is 1. The maximum Gasteiger partial charge on any atom is 0.335 e. The van der Waals surface area contributed by atoms with Gasteiger partial charge in [-0.2, -0.15) is 0 Å². The number of phenols is 1. The zero-order valence-electron chi connectivity index (χ0n) is 25.6. The summed E-state index contributed by atoms with van der Waals surface area (Å²) in [6, 6.07) is 16.0. The predicted molar refractivity (Wildman–Crippen MR) is 169 cm³/mol. The number of hydrogen-bond acceptors (Lipinski definition) is 8. The van der Waals surface area contributed by atoms with Crippen molar-refractivity contribution >= 4 is 46.9 Å². The molecule has 2 aliphatic heterocycles. The Morgan fingerprint density at radius 2 is 1.31 bits per heavy atom. The summed E-state index contributed by atoms with van der Waals surface area (Å²) in [6.45, 7) is 2.01. The lowest BCUT2D eigenvalue weighted by Gasteiger charge is -2.44. The number of phenolic OH excluding ortho intramolecular Hbond substituents is 1. The normalized spacial score (nSPS) is 26.1. The number of amides is 4. The number of carbonyl (C=O) groups excluding carboxylic acids is 4. The fourth-order valence-electron chi connectivity index (χ4n) is 8.06. The fourth-order valence-corrected chi connectivity index (χ4v) is 8.06. The minimum atomic E-state index is -1.23. The average molecular weight is 651 g/mol. The van der Waals surface area contributed by atoms with Gasteiger partial charge in [0.05, 0.1) is 52.8 Å². The molecule has 4 amide bonds. The first kappa shape index (κ1) is 30.9. The van der Waals surface area contributed by atoms with E-state index in [2.05, 4.69) is 0 Å². The van der Waals surface area contributed by atoms with Crippen LogP contribution in [0.5, 0.6) is 11.5 Å². The molecule has 3 aromatic rings. The molecule has 2 aliphatic carbocycles. The lowest BCUT2D eigenvalue weighted by molar-refractivity contribution is -0.126. The van der Waals surface area contributed by atoms with E-state index in [1.807, 2.05) is 6.08 Å². The molecule has 244 valence electrons. The van der Waals surface area contributed by atoms with Gasteiger partial charge in [0.15, 0.2) is 11.5 Å². The van der Waals surface area contributed by atoms with E-state index in [1.54, 1.807) is 25.1 Å². The Labute approximate surface area is 273 Å². The monoisotopic (exact) mass is 650 g/mol. The van der Waals surface area contributed by atoms with Crippen molar-refractivity contribution in [3.05, 3.63) is 95.1 Å². The van der Waals surface area contributed by atoms with Crippen LogP contribution in [0.2, 0.25) is 0 Å². The Bertz CT molecular complexity index is 1970. The van der Waals surface area contributed by atoms with Crippen molar-refractivity contribution < 1.29 is 48.8 Å². The molecular weight excluding hydrogens is 620 g/mol. The fraction of sp³-hybridized carbons (Fsp3) is 0.278. The van der Waals surface area contributed by atoms with Gasteiger partial charge in [-0.05, 0) is 68.1 Å². The number of aromatic hydroxyl groups is 1. The molecule has 3 aromatic carbocycles.